The van der Waals surface area contributed by atoms with E-state index >= 15 is 0 Å². The van der Waals surface area contributed by atoms with E-state index in [1.54, 1.807) is 30.5 Å². The molecule has 1 aliphatic rings. The lowest BCUT2D eigenvalue weighted by molar-refractivity contribution is 0.0986. The molecule has 0 fully saturated rings. The van der Waals surface area contributed by atoms with Gasteiger partial charge in [-0.25, -0.2) is 8.42 Å². The number of para-hydroxylation sites is 1. The molecule has 0 bridgehead atoms. The molecule has 1 aliphatic heterocycles. The highest BCUT2D eigenvalue weighted by Gasteiger charge is 2.28. The predicted molar refractivity (Wildman–Crippen MR) is 120 cm³/mol. The highest BCUT2D eigenvalue weighted by molar-refractivity contribution is 8.00. The first kappa shape index (κ1) is 22.2. The summed E-state index contributed by atoms with van der Waals surface area (Å²) in [5, 5.41) is 0.620. The molecule has 29 heavy (non-hydrogen) atoms. The van der Waals surface area contributed by atoms with Crippen LogP contribution < -0.4 is 4.90 Å². The topological polar surface area (TPSA) is 57.7 Å². The Morgan fingerprint density at radius 3 is 2.59 bits per heavy atom. The zero-order valence-electron chi connectivity index (χ0n) is 16.8. The maximum atomic E-state index is 13.5. The molecule has 0 radical (unpaired) electrons. The van der Waals surface area contributed by atoms with Gasteiger partial charge in [0, 0.05) is 29.8 Å². The molecule has 0 saturated carbocycles. The third-order valence-electron chi connectivity index (χ3n) is 5.00. The number of nitrogens with zero attached hydrogens (tertiary/aromatic N) is 2. The Bertz CT molecular complexity index is 1010. The summed E-state index contributed by atoms with van der Waals surface area (Å²) < 4.78 is 27.2. The molecule has 3 rings (SSSR count). The molecule has 0 aromatic heterocycles. The van der Waals surface area contributed by atoms with Gasteiger partial charge in [0.05, 0.1) is 21.2 Å². The van der Waals surface area contributed by atoms with E-state index in [4.69, 9.17) is 11.6 Å². The molecule has 1 atom stereocenters. The van der Waals surface area contributed by atoms with Crippen molar-refractivity contribution >= 4 is 45.0 Å². The van der Waals surface area contributed by atoms with Crippen LogP contribution in [0.1, 0.15) is 37.6 Å². The van der Waals surface area contributed by atoms with Gasteiger partial charge in [-0.15, -0.1) is 11.8 Å². The van der Waals surface area contributed by atoms with Gasteiger partial charge in [-0.1, -0.05) is 44.5 Å². The van der Waals surface area contributed by atoms with Gasteiger partial charge < -0.3 is 4.90 Å². The van der Waals surface area contributed by atoms with E-state index in [9.17, 15) is 13.2 Å². The van der Waals surface area contributed by atoms with E-state index < -0.39 is 10.0 Å². The van der Waals surface area contributed by atoms with E-state index in [-0.39, 0.29) is 21.4 Å². The SMILES string of the molecule is CCN(CC)S(=O)(=O)c1ccc(Cl)c(C(=O)N2CCC(C)Sc3ccccc32)c1. The van der Waals surface area contributed by atoms with Crippen LogP contribution in [-0.4, -0.2) is 43.5 Å². The molecule has 0 N–H and O–H groups in total. The van der Waals surface area contributed by atoms with Gasteiger partial charge in [0.2, 0.25) is 10.0 Å². The van der Waals surface area contributed by atoms with Gasteiger partial charge in [-0.05, 0) is 36.8 Å². The Balaban J connectivity index is 2.04. The third kappa shape index (κ3) is 4.48. The zero-order valence-corrected chi connectivity index (χ0v) is 19.1. The lowest BCUT2D eigenvalue weighted by Gasteiger charge is -2.24. The first-order chi connectivity index (χ1) is 13.8. The first-order valence-corrected chi connectivity index (χ1v) is 12.4. The average Bonchev–Trinajstić information content (AvgIpc) is 2.86. The van der Waals surface area contributed by atoms with Crippen molar-refractivity contribution in [3.63, 3.8) is 0 Å². The number of halogens is 1. The molecule has 8 heteroatoms. The smallest absolute Gasteiger partial charge is 0.259 e. The fourth-order valence-electron chi connectivity index (χ4n) is 3.38. The van der Waals surface area contributed by atoms with E-state index in [0.29, 0.717) is 24.9 Å². The summed E-state index contributed by atoms with van der Waals surface area (Å²) in [6, 6.07) is 12.1. The number of benzene rings is 2. The number of carbonyl (C=O) groups is 1. The Morgan fingerprint density at radius 1 is 1.21 bits per heavy atom. The molecular formula is C21H25ClN2O3S2. The maximum absolute atomic E-state index is 13.5. The number of hydrogen-bond acceptors (Lipinski definition) is 4. The molecule has 0 spiro atoms. The van der Waals surface area contributed by atoms with Crippen LogP contribution in [0.15, 0.2) is 52.3 Å². The third-order valence-corrected chi connectivity index (χ3v) is 8.61. The standard InChI is InChI=1S/C21H25ClN2O3S2/c1-4-23(5-2)29(26,27)16-10-11-18(22)17(14-16)21(25)24-13-12-15(3)28-20-9-7-6-8-19(20)24/h6-11,14-15H,4-5,12-13H2,1-3H3. The van der Waals surface area contributed by atoms with Crippen molar-refractivity contribution < 1.29 is 13.2 Å². The second-order valence-electron chi connectivity index (χ2n) is 6.87. The number of anilines is 1. The van der Waals surface area contributed by atoms with Crippen molar-refractivity contribution in [2.24, 2.45) is 0 Å². The van der Waals surface area contributed by atoms with E-state index in [2.05, 4.69) is 6.92 Å². The fourth-order valence-corrected chi connectivity index (χ4v) is 6.18. The van der Waals surface area contributed by atoms with Gasteiger partial charge in [0.25, 0.3) is 5.91 Å². The van der Waals surface area contributed by atoms with Crippen molar-refractivity contribution in [1.29, 1.82) is 0 Å². The van der Waals surface area contributed by atoms with Crippen LogP contribution in [0.4, 0.5) is 5.69 Å². The summed E-state index contributed by atoms with van der Waals surface area (Å²) in [7, 11) is -3.68. The number of rotatable bonds is 5. The van der Waals surface area contributed by atoms with Gasteiger partial charge in [0.15, 0.2) is 0 Å². The zero-order chi connectivity index (χ0) is 21.2. The summed E-state index contributed by atoms with van der Waals surface area (Å²) in [5.41, 5.74) is 1.04. The lowest BCUT2D eigenvalue weighted by Crippen LogP contribution is -2.33. The summed E-state index contributed by atoms with van der Waals surface area (Å²) in [5.74, 6) is -0.284. The molecule has 0 aliphatic carbocycles. The number of hydrogen-bond donors (Lipinski definition) is 0. The Kier molecular flexibility index (Phi) is 6.94. The van der Waals surface area contributed by atoms with Gasteiger partial charge in [0.1, 0.15) is 0 Å². The molecule has 2 aromatic rings. The van der Waals surface area contributed by atoms with Gasteiger partial charge in [-0.2, -0.15) is 4.31 Å². The van der Waals surface area contributed by atoms with Crippen molar-refractivity contribution in [1.82, 2.24) is 4.31 Å². The Morgan fingerprint density at radius 2 is 1.90 bits per heavy atom. The maximum Gasteiger partial charge on any atom is 0.259 e. The normalized spacial score (nSPS) is 17.1. The van der Waals surface area contributed by atoms with E-state index in [1.165, 1.54) is 22.5 Å². The van der Waals surface area contributed by atoms with Crippen LogP contribution in [0.2, 0.25) is 5.02 Å². The van der Waals surface area contributed by atoms with Crippen molar-refractivity contribution in [3.05, 3.63) is 53.1 Å². The second-order valence-corrected chi connectivity index (χ2v) is 10.7. The first-order valence-electron chi connectivity index (χ1n) is 9.66. The largest absolute Gasteiger partial charge is 0.307 e. The molecule has 1 heterocycles. The minimum absolute atomic E-state index is 0.0831. The number of carbonyl (C=O) groups excluding carboxylic acids is 1. The quantitative estimate of drug-likeness (QED) is 0.647. The van der Waals surface area contributed by atoms with Gasteiger partial charge >= 0.3 is 0 Å². The average molecular weight is 453 g/mol. The van der Waals surface area contributed by atoms with Crippen LogP contribution in [0.25, 0.3) is 0 Å². The summed E-state index contributed by atoms with van der Waals surface area (Å²) in [6.07, 6.45) is 0.833. The summed E-state index contributed by atoms with van der Waals surface area (Å²) in [4.78, 5) is 16.3. The van der Waals surface area contributed by atoms with E-state index in [0.717, 1.165) is 17.0 Å². The highest BCUT2D eigenvalue weighted by Crippen LogP contribution is 2.38. The number of amides is 1. The Hall–Kier alpha value is -1.54. The van der Waals surface area contributed by atoms with Crippen LogP contribution in [0.3, 0.4) is 0 Å². The monoisotopic (exact) mass is 452 g/mol. The van der Waals surface area contributed by atoms with Crippen molar-refractivity contribution in [2.45, 2.75) is 42.2 Å². The molecule has 1 unspecified atom stereocenters. The number of sulfonamides is 1. The molecule has 156 valence electrons. The highest BCUT2D eigenvalue weighted by atomic mass is 35.5. The van der Waals surface area contributed by atoms with Crippen molar-refractivity contribution in [3.8, 4) is 0 Å². The molecule has 1 amide bonds. The molecule has 2 aromatic carbocycles. The predicted octanol–water partition coefficient (Wildman–Crippen LogP) is 4.90. The van der Waals surface area contributed by atoms with E-state index in [1.807, 2.05) is 24.3 Å². The van der Waals surface area contributed by atoms with Crippen LogP contribution >= 0.6 is 23.4 Å². The molecular weight excluding hydrogens is 428 g/mol. The van der Waals surface area contributed by atoms with Crippen LogP contribution in [0, 0.1) is 0 Å². The van der Waals surface area contributed by atoms with Crippen molar-refractivity contribution in [2.75, 3.05) is 24.5 Å². The number of fused-ring (bicyclic) bond motifs is 1. The molecule has 0 saturated heterocycles. The Labute approximate surface area is 182 Å². The summed E-state index contributed by atoms with van der Waals surface area (Å²) >= 11 is 8.08. The number of thioether (sulfide) groups is 1. The second kappa shape index (κ2) is 9.08. The van der Waals surface area contributed by atoms with Gasteiger partial charge in [-0.3, -0.25) is 4.79 Å². The van der Waals surface area contributed by atoms with Crippen LogP contribution in [-0.2, 0) is 10.0 Å². The fraction of sp³-hybridized carbons (Fsp3) is 0.381. The lowest BCUT2D eigenvalue weighted by atomic mass is 10.1. The van der Waals surface area contributed by atoms with Crippen LogP contribution in [0.5, 0.6) is 0 Å². The minimum atomic E-state index is -3.68. The molecule has 5 nitrogen and oxygen atoms in total. The summed E-state index contributed by atoms with van der Waals surface area (Å²) in [6.45, 7) is 6.98. The minimum Gasteiger partial charge on any atom is -0.307 e.